The Labute approximate surface area is 118 Å². The highest BCUT2D eigenvalue weighted by Gasteiger charge is 2.24. The van der Waals surface area contributed by atoms with Crippen LogP contribution >= 0.6 is 0 Å². The maximum Gasteiger partial charge on any atom is 0.410 e. The number of rotatable bonds is 3. The van der Waals surface area contributed by atoms with Crippen molar-refractivity contribution in [1.82, 2.24) is 9.80 Å². The molecule has 1 saturated heterocycles. The van der Waals surface area contributed by atoms with Gasteiger partial charge in [-0.05, 0) is 5.56 Å². The van der Waals surface area contributed by atoms with Crippen LogP contribution in [0, 0.1) is 0 Å². The van der Waals surface area contributed by atoms with E-state index in [9.17, 15) is 9.59 Å². The fourth-order valence-corrected chi connectivity index (χ4v) is 2.08. The molecule has 0 bridgehead atoms. The standard InChI is InChI=1S/C14H19N3O3/c15-10-13(18)16-6-8-17(9-7-16)14(19)20-11-12-4-2-1-3-5-12/h1-5H,6-11,15H2. The van der Waals surface area contributed by atoms with Crippen LogP contribution in [0.5, 0.6) is 0 Å². The summed E-state index contributed by atoms with van der Waals surface area (Å²) in [5.74, 6) is -0.0812. The van der Waals surface area contributed by atoms with Crippen LogP contribution in [0.1, 0.15) is 5.56 Å². The second kappa shape index (κ2) is 6.91. The van der Waals surface area contributed by atoms with Crippen molar-refractivity contribution in [3.63, 3.8) is 0 Å². The van der Waals surface area contributed by atoms with Crippen molar-refractivity contribution in [3.8, 4) is 0 Å². The summed E-state index contributed by atoms with van der Waals surface area (Å²) in [6, 6.07) is 9.54. The van der Waals surface area contributed by atoms with Crippen molar-refractivity contribution in [2.45, 2.75) is 6.61 Å². The van der Waals surface area contributed by atoms with Gasteiger partial charge in [0.2, 0.25) is 5.91 Å². The van der Waals surface area contributed by atoms with E-state index >= 15 is 0 Å². The average molecular weight is 277 g/mol. The fraction of sp³-hybridized carbons (Fsp3) is 0.429. The molecule has 1 aliphatic heterocycles. The number of carbonyl (C=O) groups excluding carboxylic acids is 2. The first kappa shape index (κ1) is 14.3. The number of hydrogen-bond acceptors (Lipinski definition) is 4. The summed E-state index contributed by atoms with van der Waals surface area (Å²) in [5.41, 5.74) is 6.27. The lowest BCUT2D eigenvalue weighted by atomic mass is 10.2. The molecule has 1 aromatic carbocycles. The first-order chi connectivity index (χ1) is 9.70. The van der Waals surface area contributed by atoms with Gasteiger partial charge in [0.05, 0.1) is 6.54 Å². The number of carbonyl (C=O) groups is 2. The van der Waals surface area contributed by atoms with Crippen LogP contribution in [0.3, 0.4) is 0 Å². The topological polar surface area (TPSA) is 75.9 Å². The van der Waals surface area contributed by atoms with Crippen LogP contribution in [0.15, 0.2) is 30.3 Å². The maximum atomic E-state index is 11.9. The van der Waals surface area contributed by atoms with Crippen molar-refractivity contribution >= 4 is 12.0 Å². The molecule has 1 aliphatic rings. The van der Waals surface area contributed by atoms with E-state index in [0.29, 0.717) is 26.2 Å². The zero-order chi connectivity index (χ0) is 14.4. The first-order valence-corrected chi connectivity index (χ1v) is 6.64. The van der Waals surface area contributed by atoms with Crippen LogP contribution in [0.25, 0.3) is 0 Å². The van der Waals surface area contributed by atoms with Crippen molar-refractivity contribution in [2.75, 3.05) is 32.7 Å². The lowest BCUT2D eigenvalue weighted by molar-refractivity contribution is -0.131. The number of nitrogens with zero attached hydrogens (tertiary/aromatic N) is 2. The highest BCUT2D eigenvalue weighted by atomic mass is 16.6. The summed E-state index contributed by atoms with van der Waals surface area (Å²) in [5, 5.41) is 0. The normalized spacial score (nSPS) is 15.1. The molecule has 0 saturated carbocycles. The lowest BCUT2D eigenvalue weighted by Gasteiger charge is -2.33. The van der Waals surface area contributed by atoms with Gasteiger partial charge in [0.15, 0.2) is 0 Å². The molecule has 1 heterocycles. The van der Waals surface area contributed by atoms with Gasteiger partial charge >= 0.3 is 6.09 Å². The van der Waals surface area contributed by atoms with E-state index in [1.165, 1.54) is 0 Å². The largest absolute Gasteiger partial charge is 0.445 e. The molecule has 2 rings (SSSR count). The van der Waals surface area contributed by atoms with Gasteiger partial charge in [0.1, 0.15) is 6.61 Å². The summed E-state index contributed by atoms with van der Waals surface area (Å²) in [7, 11) is 0. The van der Waals surface area contributed by atoms with E-state index in [1.54, 1.807) is 9.80 Å². The Kier molecular flexibility index (Phi) is 4.95. The van der Waals surface area contributed by atoms with Gasteiger partial charge < -0.3 is 20.3 Å². The van der Waals surface area contributed by atoms with Crippen LogP contribution < -0.4 is 5.73 Å². The zero-order valence-electron chi connectivity index (χ0n) is 11.3. The molecule has 0 unspecified atom stereocenters. The predicted octanol–water partition coefficient (Wildman–Crippen LogP) is 0.426. The van der Waals surface area contributed by atoms with E-state index < -0.39 is 0 Å². The number of piperazine rings is 1. The Bertz CT molecular complexity index is 456. The van der Waals surface area contributed by atoms with Gasteiger partial charge in [-0.1, -0.05) is 30.3 Å². The van der Waals surface area contributed by atoms with Crippen molar-refractivity contribution in [2.24, 2.45) is 5.73 Å². The molecule has 1 aromatic rings. The Morgan fingerprint density at radius 2 is 1.65 bits per heavy atom. The summed E-state index contributed by atoms with van der Waals surface area (Å²) in [6.07, 6.45) is -0.339. The minimum Gasteiger partial charge on any atom is -0.445 e. The van der Waals surface area contributed by atoms with Crippen LogP contribution in [0.4, 0.5) is 4.79 Å². The maximum absolute atomic E-state index is 11.9. The van der Waals surface area contributed by atoms with Gasteiger partial charge in [-0.2, -0.15) is 0 Å². The summed E-state index contributed by atoms with van der Waals surface area (Å²) in [6.45, 7) is 2.27. The first-order valence-electron chi connectivity index (χ1n) is 6.64. The Hall–Kier alpha value is -2.08. The van der Waals surface area contributed by atoms with E-state index in [0.717, 1.165) is 5.56 Å². The van der Waals surface area contributed by atoms with E-state index in [4.69, 9.17) is 10.5 Å². The van der Waals surface area contributed by atoms with Crippen molar-refractivity contribution < 1.29 is 14.3 Å². The molecule has 20 heavy (non-hydrogen) atoms. The van der Waals surface area contributed by atoms with Gasteiger partial charge in [-0.25, -0.2) is 4.79 Å². The Morgan fingerprint density at radius 3 is 2.25 bits per heavy atom. The highest BCUT2D eigenvalue weighted by Crippen LogP contribution is 2.06. The van der Waals surface area contributed by atoms with Gasteiger partial charge in [0.25, 0.3) is 0 Å². The number of nitrogens with two attached hydrogens (primary N) is 1. The molecule has 0 atom stereocenters. The number of hydrogen-bond donors (Lipinski definition) is 1. The molecular formula is C14H19N3O3. The second-order valence-corrected chi connectivity index (χ2v) is 4.61. The quantitative estimate of drug-likeness (QED) is 0.869. The summed E-state index contributed by atoms with van der Waals surface area (Å²) >= 11 is 0. The molecule has 108 valence electrons. The lowest BCUT2D eigenvalue weighted by Crippen LogP contribution is -2.52. The summed E-state index contributed by atoms with van der Waals surface area (Å²) < 4.78 is 5.25. The van der Waals surface area contributed by atoms with Gasteiger partial charge in [-0.15, -0.1) is 0 Å². The van der Waals surface area contributed by atoms with Gasteiger partial charge in [0, 0.05) is 26.2 Å². The molecule has 0 radical (unpaired) electrons. The highest BCUT2D eigenvalue weighted by molar-refractivity contribution is 5.78. The fourth-order valence-electron chi connectivity index (χ4n) is 2.08. The minimum atomic E-state index is -0.339. The Balaban J connectivity index is 1.76. The number of benzene rings is 1. The third kappa shape index (κ3) is 3.71. The third-order valence-electron chi connectivity index (χ3n) is 3.27. The van der Waals surface area contributed by atoms with Crippen LogP contribution in [0.2, 0.25) is 0 Å². The van der Waals surface area contributed by atoms with Crippen molar-refractivity contribution in [3.05, 3.63) is 35.9 Å². The van der Waals surface area contributed by atoms with Crippen LogP contribution in [-0.4, -0.2) is 54.5 Å². The molecule has 2 N–H and O–H groups in total. The molecule has 0 aromatic heterocycles. The smallest absolute Gasteiger partial charge is 0.410 e. The molecule has 6 nitrogen and oxygen atoms in total. The van der Waals surface area contributed by atoms with Gasteiger partial charge in [-0.3, -0.25) is 4.79 Å². The SMILES string of the molecule is NCC(=O)N1CCN(C(=O)OCc2ccccc2)CC1. The van der Waals surface area contributed by atoms with E-state index in [1.807, 2.05) is 30.3 Å². The molecule has 6 heteroatoms. The van der Waals surface area contributed by atoms with Crippen molar-refractivity contribution in [1.29, 1.82) is 0 Å². The Morgan fingerprint density at radius 1 is 1.05 bits per heavy atom. The zero-order valence-corrected chi connectivity index (χ0v) is 11.3. The third-order valence-corrected chi connectivity index (χ3v) is 3.27. The summed E-state index contributed by atoms with van der Waals surface area (Å²) in [4.78, 5) is 26.6. The van der Waals surface area contributed by atoms with Crippen LogP contribution in [-0.2, 0) is 16.1 Å². The number of ether oxygens (including phenoxy) is 1. The van der Waals surface area contributed by atoms with E-state index in [2.05, 4.69) is 0 Å². The van der Waals surface area contributed by atoms with E-state index in [-0.39, 0.29) is 25.2 Å². The average Bonchev–Trinajstić information content (AvgIpc) is 2.53. The molecule has 1 fully saturated rings. The predicted molar refractivity (Wildman–Crippen MR) is 73.8 cm³/mol. The number of amides is 2. The second-order valence-electron chi connectivity index (χ2n) is 4.61. The minimum absolute atomic E-state index is 0.0124. The molecule has 0 aliphatic carbocycles. The molecular weight excluding hydrogens is 258 g/mol. The monoisotopic (exact) mass is 277 g/mol. The molecule has 2 amide bonds. The molecule has 0 spiro atoms.